The topological polar surface area (TPSA) is 61.1 Å². The van der Waals surface area contributed by atoms with Crippen molar-refractivity contribution >= 4 is 11.5 Å². The van der Waals surface area contributed by atoms with Crippen LogP contribution in [0.3, 0.4) is 0 Å². The van der Waals surface area contributed by atoms with Gasteiger partial charge >= 0.3 is 5.97 Å². The summed E-state index contributed by atoms with van der Waals surface area (Å²) >= 11 is 0. The van der Waals surface area contributed by atoms with Gasteiger partial charge in [0.25, 0.3) is 0 Å². The number of allylic oxidation sites excluding steroid dienone is 2. The molecule has 0 saturated heterocycles. The van der Waals surface area contributed by atoms with Crippen LogP contribution in [-0.4, -0.2) is 11.1 Å². The first-order valence-electron chi connectivity index (χ1n) is 5.98. The molecule has 1 fully saturated rings. The van der Waals surface area contributed by atoms with E-state index >= 15 is 0 Å². The highest BCUT2D eigenvalue weighted by Crippen LogP contribution is 2.59. The number of carbonyl (C=O) groups is 1. The van der Waals surface area contributed by atoms with Gasteiger partial charge in [-0.15, -0.1) is 0 Å². The summed E-state index contributed by atoms with van der Waals surface area (Å²) in [6.07, 6.45) is 1.69. The fourth-order valence-electron chi connectivity index (χ4n) is 2.47. The predicted molar refractivity (Wildman–Crippen MR) is 68.4 cm³/mol. The van der Waals surface area contributed by atoms with Crippen molar-refractivity contribution in [2.24, 2.45) is 17.3 Å². The first-order valence-corrected chi connectivity index (χ1v) is 5.98. The van der Waals surface area contributed by atoms with Gasteiger partial charge in [-0.2, -0.15) is 5.26 Å². The zero-order valence-corrected chi connectivity index (χ0v) is 10.7. The van der Waals surface area contributed by atoms with E-state index in [1.165, 1.54) is 24.3 Å². The van der Waals surface area contributed by atoms with E-state index in [0.717, 1.165) is 0 Å². The maximum atomic E-state index is 12.8. The highest BCUT2D eigenvalue weighted by molar-refractivity contribution is 5.81. The Hall–Kier alpha value is -2.15. The molecule has 1 aromatic carbocycles. The summed E-state index contributed by atoms with van der Waals surface area (Å²) in [4.78, 5) is 11.1. The Kier molecular flexibility index (Phi) is 3.15. The van der Waals surface area contributed by atoms with Gasteiger partial charge in [0.15, 0.2) is 0 Å². The van der Waals surface area contributed by atoms with Crippen molar-refractivity contribution in [1.29, 1.82) is 5.26 Å². The minimum atomic E-state index is -0.845. The molecule has 0 amide bonds. The first kappa shape index (κ1) is 13.3. The zero-order valence-electron chi connectivity index (χ0n) is 10.7. The summed E-state index contributed by atoms with van der Waals surface area (Å²) in [7, 11) is 0. The second-order valence-corrected chi connectivity index (χ2v) is 5.36. The number of nitrogens with zero attached hydrogens (tertiary/aromatic N) is 1. The van der Waals surface area contributed by atoms with Gasteiger partial charge in [-0.05, 0) is 29.0 Å². The van der Waals surface area contributed by atoms with Crippen LogP contribution >= 0.6 is 0 Å². The van der Waals surface area contributed by atoms with Crippen LogP contribution < -0.4 is 0 Å². The van der Waals surface area contributed by atoms with Crippen molar-refractivity contribution in [3.05, 3.63) is 41.7 Å². The van der Waals surface area contributed by atoms with Gasteiger partial charge in [0.2, 0.25) is 0 Å². The molecule has 4 heteroatoms. The van der Waals surface area contributed by atoms with Crippen molar-refractivity contribution < 1.29 is 14.3 Å². The molecule has 2 unspecified atom stereocenters. The molecule has 3 nitrogen and oxygen atoms in total. The van der Waals surface area contributed by atoms with Crippen molar-refractivity contribution in [2.75, 3.05) is 0 Å². The molecule has 0 aliphatic heterocycles. The maximum absolute atomic E-state index is 12.8. The Morgan fingerprint density at radius 3 is 2.42 bits per heavy atom. The van der Waals surface area contributed by atoms with Crippen LogP contribution in [0.4, 0.5) is 4.39 Å². The molecule has 0 heterocycles. The van der Waals surface area contributed by atoms with Crippen LogP contribution in [0.25, 0.3) is 5.57 Å². The van der Waals surface area contributed by atoms with Crippen LogP contribution in [-0.2, 0) is 4.79 Å². The molecule has 0 spiro atoms. The number of hydrogen-bond donors (Lipinski definition) is 1. The van der Waals surface area contributed by atoms with E-state index in [4.69, 9.17) is 10.4 Å². The minimum absolute atomic E-state index is 0.162. The Bertz CT molecular complexity index is 581. The van der Waals surface area contributed by atoms with E-state index in [2.05, 4.69) is 6.07 Å². The lowest BCUT2D eigenvalue weighted by atomic mass is 10.0. The monoisotopic (exact) mass is 259 g/mol. The fraction of sp³-hybridized carbons (Fsp3) is 0.333. The fourth-order valence-corrected chi connectivity index (χ4v) is 2.47. The summed E-state index contributed by atoms with van der Waals surface area (Å²) in [5.74, 6) is -1.83. The molecule has 2 atom stereocenters. The Morgan fingerprint density at radius 1 is 1.42 bits per heavy atom. The molecule has 2 rings (SSSR count). The molecule has 1 aliphatic rings. The van der Waals surface area contributed by atoms with Gasteiger partial charge in [-0.25, -0.2) is 4.39 Å². The van der Waals surface area contributed by atoms with E-state index in [9.17, 15) is 9.18 Å². The maximum Gasteiger partial charge on any atom is 0.307 e. The van der Waals surface area contributed by atoms with Crippen molar-refractivity contribution in [3.8, 4) is 6.07 Å². The molecule has 1 aromatic rings. The number of rotatable bonds is 3. The first-order chi connectivity index (χ1) is 8.87. The highest BCUT2D eigenvalue weighted by Gasteiger charge is 2.61. The van der Waals surface area contributed by atoms with E-state index in [0.29, 0.717) is 11.1 Å². The third-order valence-electron chi connectivity index (χ3n) is 3.80. The lowest BCUT2D eigenvalue weighted by Crippen LogP contribution is -2.03. The SMILES string of the molecule is CC1(C)C(C=C(C#N)c2ccc(F)cc2)C1C(=O)O. The van der Waals surface area contributed by atoms with Gasteiger partial charge in [0, 0.05) is 0 Å². The van der Waals surface area contributed by atoms with Crippen LogP contribution in [0.5, 0.6) is 0 Å². The molecular formula is C15H14FNO2. The van der Waals surface area contributed by atoms with Crippen molar-refractivity contribution in [3.63, 3.8) is 0 Å². The highest BCUT2D eigenvalue weighted by atomic mass is 19.1. The second kappa shape index (κ2) is 4.51. The molecule has 98 valence electrons. The number of carboxylic acids is 1. The predicted octanol–water partition coefficient (Wildman–Crippen LogP) is 3.09. The molecule has 1 N–H and O–H groups in total. The largest absolute Gasteiger partial charge is 0.481 e. The summed E-state index contributed by atoms with van der Waals surface area (Å²) in [5.41, 5.74) is 0.658. The van der Waals surface area contributed by atoms with Crippen molar-refractivity contribution in [2.45, 2.75) is 13.8 Å². The number of benzene rings is 1. The van der Waals surface area contributed by atoms with Crippen LogP contribution in [0.1, 0.15) is 19.4 Å². The third kappa shape index (κ3) is 2.37. The van der Waals surface area contributed by atoms with Crippen LogP contribution in [0.15, 0.2) is 30.3 Å². The molecule has 0 radical (unpaired) electrons. The van der Waals surface area contributed by atoms with Gasteiger partial charge in [-0.3, -0.25) is 4.79 Å². The molecule has 19 heavy (non-hydrogen) atoms. The lowest BCUT2D eigenvalue weighted by molar-refractivity contribution is -0.139. The van der Waals surface area contributed by atoms with E-state index in [1.807, 2.05) is 13.8 Å². The molecule has 0 bridgehead atoms. The average Bonchev–Trinajstić information content (AvgIpc) is 2.89. The molecule has 1 saturated carbocycles. The number of halogens is 1. The molecule has 1 aliphatic carbocycles. The quantitative estimate of drug-likeness (QED) is 0.848. The number of nitriles is 1. The van der Waals surface area contributed by atoms with Crippen LogP contribution in [0.2, 0.25) is 0 Å². The Labute approximate surface area is 111 Å². The van der Waals surface area contributed by atoms with Gasteiger partial charge in [0.05, 0.1) is 17.6 Å². The summed E-state index contributed by atoms with van der Waals surface area (Å²) in [5, 5.41) is 18.3. The number of aliphatic carboxylic acids is 1. The van der Waals surface area contributed by atoms with Gasteiger partial charge in [0.1, 0.15) is 5.82 Å². The Balaban J connectivity index is 2.29. The van der Waals surface area contributed by atoms with E-state index in [-0.39, 0.29) is 17.2 Å². The standard InChI is InChI=1S/C15H14FNO2/c1-15(2)12(13(15)14(18)19)7-10(8-17)9-3-5-11(16)6-4-9/h3-7,12-13H,1-2H3,(H,18,19). The molecule has 0 aromatic heterocycles. The zero-order chi connectivity index (χ0) is 14.2. The molecular weight excluding hydrogens is 245 g/mol. The second-order valence-electron chi connectivity index (χ2n) is 5.36. The number of hydrogen-bond acceptors (Lipinski definition) is 2. The van der Waals surface area contributed by atoms with E-state index < -0.39 is 11.9 Å². The Morgan fingerprint density at radius 2 is 2.00 bits per heavy atom. The lowest BCUT2D eigenvalue weighted by Gasteiger charge is -2.00. The summed E-state index contributed by atoms with van der Waals surface area (Å²) in [6, 6.07) is 7.67. The normalized spacial score (nSPS) is 24.6. The third-order valence-corrected chi connectivity index (χ3v) is 3.80. The van der Waals surface area contributed by atoms with E-state index in [1.54, 1.807) is 6.08 Å². The minimum Gasteiger partial charge on any atom is -0.481 e. The summed E-state index contributed by atoms with van der Waals surface area (Å²) in [6.45, 7) is 3.74. The smallest absolute Gasteiger partial charge is 0.307 e. The summed E-state index contributed by atoms with van der Waals surface area (Å²) < 4.78 is 12.8. The average molecular weight is 259 g/mol. The van der Waals surface area contributed by atoms with Crippen LogP contribution in [0, 0.1) is 34.4 Å². The number of carboxylic acid groups (broad SMARTS) is 1. The van der Waals surface area contributed by atoms with Gasteiger partial charge < -0.3 is 5.11 Å². The van der Waals surface area contributed by atoms with Gasteiger partial charge in [-0.1, -0.05) is 32.1 Å². The van der Waals surface area contributed by atoms with Crippen molar-refractivity contribution in [1.82, 2.24) is 0 Å².